The number of likely N-dealkylation sites (tertiary alicyclic amines) is 1. The van der Waals surface area contributed by atoms with E-state index >= 15 is 0 Å². The van der Waals surface area contributed by atoms with Crippen LogP contribution >= 0.6 is 0 Å². The maximum absolute atomic E-state index is 5.46. The van der Waals surface area contributed by atoms with E-state index in [1.165, 1.54) is 71.1 Å². The minimum atomic E-state index is 0.792. The fraction of sp³-hybridized carbons (Fsp3) is 1.00. The van der Waals surface area contributed by atoms with Crippen molar-refractivity contribution in [2.45, 2.75) is 57.0 Å². The van der Waals surface area contributed by atoms with E-state index in [2.05, 4.69) is 15.1 Å². The van der Waals surface area contributed by atoms with Crippen LogP contribution < -0.4 is 5.32 Å². The Morgan fingerprint density at radius 3 is 2.57 bits per heavy atom. The molecule has 3 fully saturated rings. The van der Waals surface area contributed by atoms with Crippen LogP contribution in [0, 0.1) is 0 Å². The molecule has 0 aromatic heterocycles. The Bertz CT molecular complexity index is 288. The summed E-state index contributed by atoms with van der Waals surface area (Å²) in [6.07, 6.45) is 9.80. The minimum absolute atomic E-state index is 0.792. The standard InChI is InChI=1S/C17H33N3O/c1-2-5-16(6-3-1)18-8-4-9-19-10-7-17(15-19)20-11-13-21-14-12-20/h16-18H,1-15H2. The molecule has 1 aliphatic carbocycles. The predicted molar refractivity (Wildman–Crippen MR) is 86.7 cm³/mol. The van der Waals surface area contributed by atoms with Crippen molar-refractivity contribution in [1.82, 2.24) is 15.1 Å². The average molecular weight is 295 g/mol. The molecule has 1 N–H and O–H groups in total. The van der Waals surface area contributed by atoms with Gasteiger partial charge in [0.15, 0.2) is 0 Å². The highest BCUT2D eigenvalue weighted by Gasteiger charge is 2.28. The first-order chi connectivity index (χ1) is 10.4. The van der Waals surface area contributed by atoms with Crippen LogP contribution in [0.1, 0.15) is 44.9 Å². The van der Waals surface area contributed by atoms with Gasteiger partial charge in [-0.05, 0) is 45.3 Å². The molecule has 0 aromatic rings. The maximum atomic E-state index is 5.46. The zero-order chi connectivity index (χ0) is 14.3. The Hall–Kier alpha value is -0.160. The van der Waals surface area contributed by atoms with Crippen molar-refractivity contribution in [3.63, 3.8) is 0 Å². The predicted octanol–water partition coefficient (Wildman–Crippen LogP) is 1.71. The topological polar surface area (TPSA) is 27.7 Å². The summed E-state index contributed by atoms with van der Waals surface area (Å²) in [6.45, 7) is 9.21. The first-order valence-electron chi connectivity index (χ1n) is 9.19. The van der Waals surface area contributed by atoms with Crippen LogP contribution in [0.15, 0.2) is 0 Å². The first-order valence-corrected chi connectivity index (χ1v) is 9.19. The van der Waals surface area contributed by atoms with Gasteiger partial charge in [-0.3, -0.25) is 4.90 Å². The van der Waals surface area contributed by atoms with Crippen LogP contribution in [-0.2, 0) is 4.74 Å². The minimum Gasteiger partial charge on any atom is -0.379 e. The molecule has 4 nitrogen and oxygen atoms in total. The normalized spacial score (nSPS) is 30.0. The van der Waals surface area contributed by atoms with Gasteiger partial charge in [0.05, 0.1) is 13.2 Å². The summed E-state index contributed by atoms with van der Waals surface area (Å²) in [7, 11) is 0. The first kappa shape index (κ1) is 15.7. The van der Waals surface area contributed by atoms with Gasteiger partial charge in [0.1, 0.15) is 0 Å². The lowest BCUT2D eigenvalue weighted by Gasteiger charge is -2.32. The molecule has 2 aliphatic heterocycles. The lowest BCUT2D eigenvalue weighted by atomic mass is 9.95. The van der Waals surface area contributed by atoms with Crippen molar-refractivity contribution in [2.75, 3.05) is 52.5 Å². The van der Waals surface area contributed by atoms with Crippen molar-refractivity contribution in [1.29, 1.82) is 0 Å². The molecule has 2 heterocycles. The number of rotatable bonds is 6. The van der Waals surface area contributed by atoms with E-state index in [1.807, 2.05) is 0 Å². The molecule has 0 bridgehead atoms. The molecule has 0 amide bonds. The molecule has 1 unspecified atom stereocenters. The van der Waals surface area contributed by atoms with Crippen molar-refractivity contribution in [2.24, 2.45) is 0 Å². The van der Waals surface area contributed by atoms with Gasteiger partial charge >= 0.3 is 0 Å². The third kappa shape index (κ3) is 4.92. The van der Waals surface area contributed by atoms with Crippen LogP contribution in [0.5, 0.6) is 0 Å². The van der Waals surface area contributed by atoms with Crippen molar-refractivity contribution >= 4 is 0 Å². The Morgan fingerprint density at radius 2 is 1.76 bits per heavy atom. The molecule has 2 saturated heterocycles. The number of nitrogens with zero attached hydrogens (tertiary/aromatic N) is 2. The lowest BCUT2D eigenvalue weighted by Crippen LogP contribution is -2.44. The third-order valence-electron chi connectivity index (χ3n) is 5.50. The molecule has 4 heteroatoms. The van der Waals surface area contributed by atoms with Crippen molar-refractivity contribution in [3.05, 3.63) is 0 Å². The Labute approximate surface area is 130 Å². The van der Waals surface area contributed by atoms with E-state index < -0.39 is 0 Å². The molecule has 3 aliphatic rings. The Morgan fingerprint density at radius 1 is 0.952 bits per heavy atom. The lowest BCUT2D eigenvalue weighted by molar-refractivity contribution is 0.0185. The third-order valence-corrected chi connectivity index (χ3v) is 5.50. The number of hydrogen-bond acceptors (Lipinski definition) is 4. The summed E-state index contributed by atoms with van der Waals surface area (Å²) in [6, 6.07) is 1.61. The number of ether oxygens (including phenoxy) is 1. The summed E-state index contributed by atoms with van der Waals surface area (Å²) in [5, 5.41) is 3.77. The quantitative estimate of drug-likeness (QED) is 0.755. The van der Waals surface area contributed by atoms with Gasteiger partial charge in [-0.2, -0.15) is 0 Å². The number of morpholine rings is 1. The van der Waals surface area contributed by atoms with Gasteiger partial charge in [0.2, 0.25) is 0 Å². The van der Waals surface area contributed by atoms with Crippen LogP contribution in [0.2, 0.25) is 0 Å². The molecular weight excluding hydrogens is 262 g/mol. The fourth-order valence-corrected chi connectivity index (χ4v) is 4.17. The van der Waals surface area contributed by atoms with Gasteiger partial charge < -0.3 is 15.0 Å². The largest absolute Gasteiger partial charge is 0.379 e. The zero-order valence-electron chi connectivity index (χ0n) is 13.6. The second-order valence-electron chi connectivity index (χ2n) is 7.03. The summed E-state index contributed by atoms with van der Waals surface area (Å²) in [4.78, 5) is 5.31. The molecule has 0 radical (unpaired) electrons. The van der Waals surface area contributed by atoms with Gasteiger partial charge in [-0.15, -0.1) is 0 Å². The highest BCUT2D eigenvalue weighted by molar-refractivity contribution is 4.84. The number of nitrogens with one attached hydrogen (secondary N) is 1. The zero-order valence-corrected chi connectivity index (χ0v) is 13.6. The number of hydrogen-bond donors (Lipinski definition) is 1. The summed E-state index contributed by atoms with van der Waals surface area (Å²) >= 11 is 0. The smallest absolute Gasteiger partial charge is 0.0594 e. The molecule has 1 saturated carbocycles. The van der Waals surface area contributed by atoms with E-state index in [0.29, 0.717) is 0 Å². The van der Waals surface area contributed by atoms with E-state index in [0.717, 1.165) is 38.4 Å². The van der Waals surface area contributed by atoms with Crippen molar-refractivity contribution < 1.29 is 4.74 Å². The Balaban J connectivity index is 1.26. The summed E-state index contributed by atoms with van der Waals surface area (Å²) in [5.41, 5.74) is 0. The van der Waals surface area contributed by atoms with Crippen LogP contribution in [0.25, 0.3) is 0 Å². The van der Waals surface area contributed by atoms with E-state index in [9.17, 15) is 0 Å². The Kier molecular flexibility index (Phi) is 6.34. The summed E-state index contributed by atoms with van der Waals surface area (Å²) in [5.74, 6) is 0. The molecule has 0 aromatic carbocycles. The highest BCUT2D eigenvalue weighted by Crippen LogP contribution is 2.18. The van der Waals surface area contributed by atoms with Gasteiger partial charge in [-0.1, -0.05) is 19.3 Å². The van der Waals surface area contributed by atoms with Gasteiger partial charge in [-0.25, -0.2) is 0 Å². The average Bonchev–Trinajstić information content (AvgIpc) is 3.02. The molecule has 1 atom stereocenters. The maximum Gasteiger partial charge on any atom is 0.0594 e. The van der Waals surface area contributed by atoms with E-state index in [4.69, 9.17) is 4.74 Å². The molecular formula is C17H33N3O. The second-order valence-corrected chi connectivity index (χ2v) is 7.03. The van der Waals surface area contributed by atoms with Gasteiger partial charge in [0.25, 0.3) is 0 Å². The van der Waals surface area contributed by atoms with E-state index in [-0.39, 0.29) is 0 Å². The van der Waals surface area contributed by atoms with Crippen LogP contribution in [-0.4, -0.2) is 74.4 Å². The van der Waals surface area contributed by atoms with Crippen LogP contribution in [0.3, 0.4) is 0 Å². The highest BCUT2D eigenvalue weighted by atomic mass is 16.5. The monoisotopic (exact) mass is 295 g/mol. The molecule has 21 heavy (non-hydrogen) atoms. The second kappa shape index (κ2) is 8.47. The molecule has 122 valence electrons. The fourth-order valence-electron chi connectivity index (χ4n) is 4.17. The van der Waals surface area contributed by atoms with E-state index in [1.54, 1.807) is 0 Å². The van der Waals surface area contributed by atoms with Crippen LogP contribution in [0.4, 0.5) is 0 Å². The molecule has 3 rings (SSSR count). The SMILES string of the molecule is C1CCC(NCCCN2CCC(N3CCOCC3)C2)CC1. The molecule has 0 spiro atoms. The van der Waals surface area contributed by atoms with Crippen molar-refractivity contribution in [3.8, 4) is 0 Å². The summed E-state index contributed by atoms with van der Waals surface area (Å²) < 4.78 is 5.46. The van der Waals surface area contributed by atoms with Gasteiger partial charge in [0, 0.05) is 31.7 Å².